The van der Waals surface area contributed by atoms with Crippen LogP contribution in [0.25, 0.3) is 11.1 Å². The van der Waals surface area contributed by atoms with Crippen molar-refractivity contribution in [2.75, 3.05) is 40.6 Å². The fourth-order valence-corrected chi connectivity index (χ4v) is 17.9. The largest absolute Gasteiger partial charge is 0.508 e. The van der Waals surface area contributed by atoms with Gasteiger partial charge in [0.25, 0.3) is 5.91 Å². The lowest BCUT2D eigenvalue weighted by molar-refractivity contribution is -0.333. The fourth-order valence-electron chi connectivity index (χ4n) is 17.4. The number of carbonyl (C=O) groups is 9. The van der Waals surface area contributed by atoms with Gasteiger partial charge in [0.05, 0.1) is 54.5 Å². The quantitative estimate of drug-likeness (QED) is 0.0524. The van der Waals surface area contributed by atoms with Crippen LogP contribution in [0.4, 0.5) is 0 Å². The van der Waals surface area contributed by atoms with Crippen LogP contribution in [0.1, 0.15) is 137 Å². The lowest BCUT2D eigenvalue weighted by Crippen LogP contribution is -2.64. The molecule has 5 aromatic rings. The smallest absolute Gasteiger partial charge is 0.252 e. The molecule has 0 aromatic heterocycles. The van der Waals surface area contributed by atoms with Crippen LogP contribution in [0, 0.1) is 29.6 Å². The van der Waals surface area contributed by atoms with E-state index in [1.165, 1.54) is 52.3 Å². The summed E-state index contributed by atoms with van der Waals surface area (Å²) in [5.74, 6) is -14.8. The van der Waals surface area contributed by atoms with Gasteiger partial charge in [-0.25, -0.2) is 0 Å². The Balaban J connectivity index is 1.02. The Morgan fingerprint density at radius 2 is 1.29 bits per heavy atom. The highest BCUT2D eigenvalue weighted by molar-refractivity contribution is 6.32. The Morgan fingerprint density at radius 1 is 0.672 bits per heavy atom. The number of nitrogens with two attached hydrogens (primary N) is 1. The minimum Gasteiger partial charge on any atom is -0.508 e. The maximum Gasteiger partial charge on any atom is 0.252 e. The standard InChI is InChI=1S/C81H98Cl2N10O26/c1-32(2)15-47(85-5)73(105)92-64-66(100)37-8-11-51(45(82)22-37)115-53-24-41-25-54(70(53)119-80-71(69(103)68(102)55(30-94)117-80)118-58-29-81(4,84)72(104)33(3)114-58)116-52-12-9-38(23-46(52)83)67(101)65-79(111)91-63(77(109)88-60-39-17-34-16-35(19-39)20-40(60)18-34)44-26-42(95)27-50(97)59(44)43-21-36(7-10-49(43)96)61(75(107)93-65)90-76(108)62(41)89-74(106)48(86-78(64)110)28-56(98)87-57(99)31-113-14-13-112-6/h7-12,21-27,32-35,39-40,47-48,55,58,60-69,71-72,80,85,94-97,100-104H,13-20,28-31,84H2,1-6H3,(H,86,110)(H,88,109)(H,89,106)(H,90,108)(H,91,111)(H,92,105)(H,93,107)(H,87,98,99)/t33-,34?,35?,39?,40?,47+,48-,55+,58-,60?,61+,62+,63-,64+,65-,66+,67+,68+,69-,71+,72+,80-,81-/m0/s1. The second-order valence-corrected chi connectivity index (χ2v) is 33.2. The normalized spacial score (nSPS) is 31.3. The molecule has 18 atom stereocenters. The Hall–Kier alpha value is -9.61. The van der Waals surface area contributed by atoms with Gasteiger partial charge >= 0.3 is 0 Å². The molecular formula is C81H98Cl2N10O26. The number of benzene rings is 5. The molecule has 642 valence electrons. The summed E-state index contributed by atoms with van der Waals surface area (Å²) in [7, 11) is 2.84. The van der Waals surface area contributed by atoms with Gasteiger partial charge in [-0.3, -0.25) is 48.5 Å². The number of nitrogens with one attached hydrogen (secondary N) is 9. The van der Waals surface area contributed by atoms with Crippen molar-refractivity contribution in [3.05, 3.63) is 117 Å². The summed E-state index contributed by atoms with van der Waals surface area (Å²) in [5, 5.41) is 129. The Kier molecular flexibility index (Phi) is 26.7. The van der Waals surface area contributed by atoms with E-state index in [9.17, 15) is 60.3 Å². The lowest BCUT2D eigenvalue weighted by Gasteiger charge is -2.54. The van der Waals surface area contributed by atoms with Gasteiger partial charge in [-0.15, -0.1) is 0 Å². The van der Waals surface area contributed by atoms with E-state index >= 15 is 28.8 Å². The topological polar surface area (TPSA) is 544 Å². The molecule has 16 rings (SSSR count). The molecule has 119 heavy (non-hydrogen) atoms. The molecule has 36 nitrogen and oxygen atoms in total. The molecule has 0 spiro atoms. The summed E-state index contributed by atoms with van der Waals surface area (Å²) in [6.07, 6.45) is -14.5. The number of likely N-dealkylation sites (N-methyl/N-ethyl adjacent to an activating group) is 1. The number of aromatic hydroxyl groups is 3. The monoisotopic (exact) mass is 1700 g/mol. The zero-order chi connectivity index (χ0) is 85.5. The van der Waals surface area contributed by atoms with Crippen molar-refractivity contribution in [3.8, 4) is 57.1 Å². The van der Waals surface area contributed by atoms with Gasteiger partial charge in [0.2, 0.25) is 59.3 Å². The molecular weight excluding hydrogens is 1600 g/mol. The lowest BCUT2D eigenvalue weighted by atomic mass is 9.54. The van der Waals surface area contributed by atoms with E-state index < -0.39 is 227 Å². The van der Waals surface area contributed by atoms with Gasteiger partial charge < -0.3 is 132 Å². The number of hydrogen-bond acceptors (Lipinski definition) is 28. The number of fused-ring (bicyclic) bond motifs is 15. The SMILES string of the molecule is CN[C@H](CC(C)C)C(=O)N[C@H]1C(=O)N[C@@H](CC(=O)NC(=O)COCCOC)C(=O)N[C@H]2C(=O)N[C@H]3C(=O)N[C@H](C(=O)N[C@H](C(=O)NC4C5CC6CC(C5)CC4C6)c4cc(O)cc(O)c4-c4cc3ccc4O)[C@H](O)c3ccc(c(Cl)c3)Oc3cc2cc(c3O[C@@H]2O[C@H](CO)[C@@H](O)[C@H](O)[C@H]2O[C@H]2C[C@](C)(N)[C@H](O)[C@H](C)O2)Oc2ccc(cc2Cl)[C@H]1O. The Bertz CT molecular complexity index is 4690. The zero-order valence-corrected chi connectivity index (χ0v) is 67.1. The van der Waals surface area contributed by atoms with Crippen molar-refractivity contribution in [1.82, 2.24) is 47.9 Å². The highest BCUT2D eigenvalue weighted by Crippen LogP contribution is 2.55. The van der Waals surface area contributed by atoms with Gasteiger partial charge in [-0.05, 0) is 171 Å². The number of ether oxygens (including phenoxy) is 8. The molecule has 38 heteroatoms. The van der Waals surface area contributed by atoms with Crippen LogP contribution in [0.2, 0.25) is 10.0 Å². The van der Waals surface area contributed by atoms with Crippen LogP contribution < -0.4 is 67.8 Å². The average molecular weight is 1700 g/mol. The first-order valence-electron chi connectivity index (χ1n) is 39.2. The Morgan fingerprint density at radius 3 is 1.91 bits per heavy atom. The molecule has 7 heterocycles. The van der Waals surface area contributed by atoms with E-state index in [0.29, 0.717) is 11.8 Å². The van der Waals surface area contributed by atoms with Crippen molar-refractivity contribution in [2.45, 2.75) is 194 Å². The van der Waals surface area contributed by atoms with Crippen LogP contribution in [0.15, 0.2) is 78.9 Å². The molecule has 4 aliphatic carbocycles. The number of aliphatic hydroxyl groups excluding tert-OH is 6. The van der Waals surface area contributed by atoms with Crippen LogP contribution in [0.3, 0.4) is 0 Å². The highest BCUT2D eigenvalue weighted by atomic mass is 35.5. The number of aliphatic hydroxyl groups is 6. The van der Waals surface area contributed by atoms with Crippen molar-refractivity contribution in [2.24, 2.45) is 35.3 Å². The highest BCUT2D eigenvalue weighted by Gasteiger charge is 2.53. The summed E-state index contributed by atoms with van der Waals surface area (Å²) < 4.78 is 49.2. The summed E-state index contributed by atoms with van der Waals surface area (Å²) in [4.78, 5) is 137. The van der Waals surface area contributed by atoms with E-state index in [1.807, 2.05) is 13.8 Å². The molecule has 9 amide bonds. The van der Waals surface area contributed by atoms with Gasteiger partial charge in [-0.1, -0.05) is 55.2 Å². The number of carbonyl (C=O) groups excluding carboxylic acids is 9. The first-order valence-corrected chi connectivity index (χ1v) is 40.0. The number of phenols is 3. The second kappa shape index (κ2) is 36.4. The van der Waals surface area contributed by atoms with E-state index in [2.05, 4.69) is 47.9 Å². The molecule has 6 fully saturated rings. The summed E-state index contributed by atoms with van der Waals surface area (Å²) in [6, 6.07) is -0.189. The second-order valence-electron chi connectivity index (χ2n) is 32.4. The number of rotatable bonds is 19. The van der Waals surface area contributed by atoms with Crippen LogP contribution in [0.5, 0.6) is 46.0 Å². The van der Waals surface area contributed by atoms with Crippen LogP contribution >= 0.6 is 23.2 Å². The summed E-state index contributed by atoms with van der Waals surface area (Å²) in [6.45, 7) is 4.85. The first-order chi connectivity index (χ1) is 56.6. The third-order valence-electron chi connectivity index (χ3n) is 23.3. The van der Waals surface area contributed by atoms with Crippen LogP contribution in [-0.2, 0) is 66.8 Å². The van der Waals surface area contributed by atoms with Gasteiger partial charge in [0.15, 0.2) is 23.9 Å². The minimum absolute atomic E-state index is 0.0350. The van der Waals surface area contributed by atoms with E-state index in [1.54, 1.807) is 0 Å². The first kappa shape index (κ1) is 87.2. The molecule has 2 saturated heterocycles. The fraction of sp³-hybridized carbons (Fsp3) is 0.519. The number of hydrogen-bond donors (Lipinski definition) is 19. The van der Waals surface area contributed by atoms with E-state index in [-0.39, 0.29) is 99.8 Å². The predicted octanol–water partition coefficient (Wildman–Crippen LogP) is 1.78. The molecule has 7 aliphatic heterocycles. The van der Waals surface area contributed by atoms with E-state index in [0.717, 1.165) is 86.7 Å². The number of amides is 9. The van der Waals surface area contributed by atoms with Crippen molar-refractivity contribution >= 4 is 76.4 Å². The predicted molar refractivity (Wildman–Crippen MR) is 417 cm³/mol. The molecule has 20 N–H and O–H groups in total. The van der Waals surface area contributed by atoms with Crippen molar-refractivity contribution in [1.29, 1.82) is 0 Å². The molecule has 11 aliphatic rings. The zero-order valence-electron chi connectivity index (χ0n) is 65.6. The average Bonchev–Trinajstić information content (AvgIpc) is 0.756. The number of methoxy groups -OCH3 is 1. The van der Waals surface area contributed by atoms with Gasteiger partial charge in [0.1, 0.15) is 102 Å². The summed E-state index contributed by atoms with van der Waals surface area (Å²) in [5.41, 5.74) is 2.89. The number of imide groups is 1. The molecule has 0 radical (unpaired) electrons. The number of phenolic OH excluding ortho intramolecular Hbond substituents is 3. The Labute approximate surface area is 692 Å². The molecule has 4 saturated carbocycles. The van der Waals surface area contributed by atoms with E-state index in [4.69, 9.17) is 66.8 Å². The summed E-state index contributed by atoms with van der Waals surface area (Å²) >= 11 is 14.4. The maximum absolute atomic E-state index is 16.5. The number of halogens is 2. The third-order valence-corrected chi connectivity index (χ3v) is 23.8. The molecule has 15 bridgehead atoms. The molecule has 5 aromatic carbocycles. The minimum atomic E-state index is -2.41. The van der Waals surface area contributed by atoms with Gasteiger partial charge in [-0.2, -0.15) is 0 Å². The van der Waals surface area contributed by atoms with Crippen molar-refractivity contribution in [3.63, 3.8) is 0 Å². The molecule has 0 unspecified atom stereocenters. The van der Waals surface area contributed by atoms with Gasteiger partial charge in [0, 0.05) is 42.3 Å². The third kappa shape index (κ3) is 19.0. The van der Waals surface area contributed by atoms with Crippen LogP contribution in [-0.4, -0.2) is 225 Å². The van der Waals surface area contributed by atoms with Crippen molar-refractivity contribution < 1.29 is 127 Å². The maximum atomic E-state index is 16.5.